The van der Waals surface area contributed by atoms with Gasteiger partial charge < -0.3 is 4.74 Å². The first-order chi connectivity index (χ1) is 9.72. The molecule has 1 heterocycles. The molecule has 5 heteroatoms. The lowest BCUT2D eigenvalue weighted by molar-refractivity contribution is 0.0473. The van der Waals surface area contributed by atoms with E-state index >= 15 is 0 Å². The molecule has 0 aliphatic rings. The number of rotatable bonds is 3. The van der Waals surface area contributed by atoms with Crippen molar-refractivity contribution in [2.75, 3.05) is 0 Å². The van der Waals surface area contributed by atoms with Gasteiger partial charge in [0.05, 0.1) is 21.3 Å². The minimum absolute atomic E-state index is 0.125. The van der Waals surface area contributed by atoms with Crippen LogP contribution in [0, 0.1) is 5.82 Å². The molecule has 1 aromatic heterocycles. The number of benzene rings is 2. The van der Waals surface area contributed by atoms with Crippen molar-refractivity contribution in [1.82, 2.24) is 4.98 Å². The van der Waals surface area contributed by atoms with Crippen LogP contribution in [0.15, 0.2) is 48.0 Å². The van der Waals surface area contributed by atoms with Crippen LogP contribution < -0.4 is 0 Å². The van der Waals surface area contributed by atoms with Crippen molar-refractivity contribution >= 4 is 27.5 Å². The van der Waals surface area contributed by atoms with E-state index in [-0.39, 0.29) is 12.4 Å². The highest BCUT2D eigenvalue weighted by atomic mass is 32.1. The summed E-state index contributed by atoms with van der Waals surface area (Å²) in [6.45, 7) is 0.125. The Hall–Kier alpha value is -2.27. The van der Waals surface area contributed by atoms with E-state index in [9.17, 15) is 9.18 Å². The number of esters is 1. The smallest absolute Gasteiger partial charge is 0.338 e. The molecule has 3 nitrogen and oxygen atoms in total. The second kappa shape index (κ2) is 5.38. The Morgan fingerprint density at radius 1 is 1.20 bits per heavy atom. The number of carbonyl (C=O) groups is 1. The summed E-state index contributed by atoms with van der Waals surface area (Å²) in [5.74, 6) is -0.708. The van der Waals surface area contributed by atoms with E-state index in [1.165, 1.54) is 23.5 Å². The summed E-state index contributed by atoms with van der Waals surface area (Å²) in [6.07, 6.45) is 0. The third-order valence-corrected chi connectivity index (χ3v) is 3.64. The summed E-state index contributed by atoms with van der Waals surface area (Å²) >= 11 is 1.47. The monoisotopic (exact) mass is 287 g/mol. The lowest BCUT2D eigenvalue weighted by Gasteiger charge is -2.05. The maximum absolute atomic E-state index is 12.8. The molecule has 0 aliphatic carbocycles. The molecule has 0 spiro atoms. The second-order valence-electron chi connectivity index (χ2n) is 4.24. The van der Waals surface area contributed by atoms with Gasteiger partial charge in [0.15, 0.2) is 0 Å². The van der Waals surface area contributed by atoms with Gasteiger partial charge in [0.1, 0.15) is 12.4 Å². The van der Waals surface area contributed by atoms with Gasteiger partial charge in [-0.1, -0.05) is 12.1 Å². The molecule has 0 atom stereocenters. The molecule has 0 radical (unpaired) electrons. The third-order valence-electron chi connectivity index (χ3n) is 2.85. The van der Waals surface area contributed by atoms with Crippen LogP contribution in [0.3, 0.4) is 0 Å². The van der Waals surface area contributed by atoms with Crippen LogP contribution in [0.5, 0.6) is 0 Å². The average Bonchev–Trinajstić information content (AvgIpc) is 2.93. The normalized spacial score (nSPS) is 10.7. The van der Waals surface area contributed by atoms with E-state index in [1.54, 1.807) is 35.8 Å². The van der Waals surface area contributed by atoms with Crippen LogP contribution in [-0.4, -0.2) is 11.0 Å². The van der Waals surface area contributed by atoms with Crippen LogP contribution in [0.2, 0.25) is 0 Å². The number of hydrogen-bond acceptors (Lipinski definition) is 4. The Labute approximate surface area is 118 Å². The average molecular weight is 287 g/mol. The van der Waals surface area contributed by atoms with Gasteiger partial charge in [-0.05, 0) is 35.9 Å². The summed E-state index contributed by atoms with van der Waals surface area (Å²) in [5, 5.41) is 0. The number of halogens is 1. The van der Waals surface area contributed by atoms with Crippen molar-refractivity contribution in [1.29, 1.82) is 0 Å². The summed E-state index contributed by atoms with van der Waals surface area (Å²) in [4.78, 5) is 16.1. The molecule has 0 amide bonds. The van der Waals surface area contributed by atoms with Gasteiger partial charge in [0.2, 0.25) is 0 Å². The molecule has 0 unspecified atom stereocenters. The minimum Gasteiger partial charge on any atom is -0.457 e. The number of hydrogen-bond donors (Lipinski definition) is 0. The predicted molar refractivity (Wildman–Crippen MR) is 75.1 cm³/mol. The molecule has 3 aromatic rings. The van der Waals surface area contributed by atoms with Crippen molar-refractivity contribution in [3.05, 3.63) is 64.9 Å². The fraction of sp³-hybridized carbons (Fsp3) is 0.0667. The van der Waals surface area contributed by atoms with Crippen molar-refractivity contribution in [2.45, 2.75) is 6.61 Å². The Kier molecular flexibility index (Phi) is 3.43. The van der Waals surface area contributed by atoms with Gasteiger partial charge in [-0.25, -0.2) is 14.2 Å². The number of ether oxygens (including phenoxy) is 1. The summed E-state index contributed by atoms with van der Waals surface area (Å²) in [7, 11) is 0. The number of fused-ring (bicyclic) bond motifs is 1. The number of nitrogens with zero attached hydrogens (tertiary/aromatic N) is 1. The zero-order valence-electron chi connectivity index (χ0n) is 10.4. The lowest BCUT2D eigenvalue weighted by atomic mass is 10.2. The first-order valence-electron chi connectivity index (χ1n) is 5.97. The molecule has 3 rings (SSSR count). The van der Waals surface area contributed by atoms with Crippen molar-refractivity contribution in [3.8, 4) is 0 Å². The Morgan fingerprint density at radius 2 is 2.00 bits per heavy atom. The summed E-state index contributed by atoms with van der Waals surface area (Å²) in [5.41, 5.74) is 3.84. The van der Waals surface area contributed by atoms with Crippen LogP contribution >= 0.6 is 11.3 Å². The highest BCUT2D eigenvalue weighted by Gasteiger charge is 2.09. The van der Waals surface area contributed by atoms with E-state index < -0.39 is 5.97 Å². The molecule has 100 valence electrons. The minimum atomic E-state index is -0.398. The molecule has 0 N–H and O–H groups in total. The zero-order chi connectivity index (χ0) is 13.9. The SMILES string of the molecule is O=C(OCc1ccc(F)cc1)c1ccc2ncsc2c1. The van der Waals surface area contributed by atoms with E-state index in [0.717, 1.165) is 15.8 Å². The molecule has 0 aliphatic heterocycles. The van der Waals surface area contributed by atoms with Gasteiger partial charge in [0.25, 0.3) is 0 Å². The fourth-order valence-corrected chi connectivity index (χ4v) is 2.51. The molecular weight excluding hydrogens is 277 g/mol. The molecule has 2 aromatic carbocycles. The largest absolute Gasteiger partial charge is 0.457 e. The Balaban J connectivity index is 1.70. The highest BCUT2D eigenvalue weighted by molar-refractivity contribution is 7.16. The molecular formula is C15H10FNO2S. The fourth-order valence-electron chi connectivity index (χ4n) is 1.79. The van der Waals surface area contributed by atoms with Crippen LogP contribution in [-0.2, 0) is 11.3 Å². The van der Waals surface area contributed by atoms with E-state index in [1.807, 2.05) is 0 Å². The topological polar surface area (TPSA) is 39.2 Å². The number of carbonyl (C=O) groups excluding carboxylic acids is 1. The molecule has 0 saturated heterocycles. The number of aromatic nitrogens is 1. The maximum Gasteiger partial charge on any atom is 0.338 e. The predicted octanol–water partition coefficient (Wildman–Crippen LogP) is 3.79. The van der Waals surface area contributed by atoms with Crippen LogP contribution in [0.4, 0.5) is 4.39 Å². The van der Waals surface area contributed by atoms with Crippen molar-refractivity contribution < 1.29 is 13.9 Å². The summed E-state index contributed by atoms with van der Waals surface area (Å²) < 4.78 is 18.9. The van der Waals surface area contributed by atoms with Gasteiger partial charge in [-0.15, -0.1) is 11.3 Å². The van der Waals surface area contributed by atoms with Gasteiger partial charge in [0, 0.05) is 0 Å². The third kappa shape index (κ3) is 2.67. The molecule has 0 bridgehead atoms. The standard InChI is InChI=1S/C15H10FNO2S/c16-12-4-1-10(2-5-12)8-19-15(18)11-3-6-13-14(7-11)20-9-17-13/h1-7,9H,8H2. The Bertz CT molecular complexity index is 752. The van der Waals surface area contributed by atoms with Crippen LogP contribution in [0.1, 0.15) is 15.9 Å². The molecule has 0 fully saturated rings. The highest BCUT2D eigenvalue weighted by Crippen LogP contribution is 2.19. The van der Waals surface area contributed by atoms with Crippen molar-refractivity contribution in [3.63, 3.8) is 0 Å². The van der Waals surface area contributed by atoms with E-state index in [4.69, 9.17) is 4.74 Å². The molecule has 20 heavy (non-hydrogen) atoms. The van der Waals surface area contributed by atoms with Gasteiger partial charge >= 0.3 is 5.97 Å². The van der Waals surface area contributed by atoms with E-state index in [2.05, 4.69) is 4.98 Å². The zero-order valence-corrected chi connectivity index (χ0v) is 11.2. The maximum atomic E-state index is 12.8. The first kappa shape index (κ1) is 12.7. The number of thiazole rings is 1. The molecule has 0 saturated carbocycles. The lowest BCUT2D eigenvalue weighted by Crippen LogP contribution is -2.05. The van der Waals surface area contributed by atoms with Crippen molar-refractivity contribution in [2.24, 2.45) is 0 Å². The second-order valence-corrected chi connectivity index (χ2v) is 5.12. The van der Waals surface area contributed by atoms with Gasteiger partial charge in [-0.2, -0.15) is 0 Å². The van der Waals surface area contributed by atoms with Crippen LogP contribution in [0.25, 0.3) is 10.2 Å². The Morgan fingerprint density at radius 3 is 2.80 bits per heavy atom. The summed E-state index contributed by atoms with van der Waals surface area (Å²) in [6, 6.07) is 11.1. The van der Waals surface area contributed by atoms with E-state index in [0.29, 0.717) is 5.56 Å². The van der Waals surface area contributed by atoms with Gasteiger partial charge in [-0.3, -0.25) is 0 Å². The first-order valence-corrected chi connectivity index (χ1v) is 6.85. The quantitative estimate of drug-likeness (QED) is 0.688.